The second kappa shape index (κ2) is 13.4. The molecule has 1 heteroatoms. The van der Waals surface area contributed by atoms with E-state index in [1.54, 1.807) is 0 Å². The SMILES string of the molecule is CCCCCC(CCCC)C(CCCCC)OC. The molecule has 0 radical (unpaired) electrons. The van der Waals surface area contributed by atoms with Crippen molar-refractivity contribution in [3.63, 3.8) is 0 Å². The summed E-state index contributed by atoms with van der Waals surface area (Å²) < 4.78 is 5.79. The van der Waals surface area contributed by atoms with Crippen LogP contribution in [0.15, 0.2) is 0 Å². The van der Waals surface area contributed by atoms with Gasteiger partial charge in [0.15, 0.2) is 0 Å². The number of rotatable bonds is 13. The fourth-order valence-corrected chi connectivity index (χ4v) is 2.78. The van der Waals surface area contributed by atoms with Crippen molar-refractivity contribution < 1.29 is 4.74 Å². The largest absolute Gasteiger partial charge is 0.381 e. The Morgan fingerprint density at radius 2 is 1.17 bits per heavy atom. The summed E-state index contributed by atoms with van der Waals surface area (Å²) in [6.45, 7) is 6.86. The lowest BCUT2D eigenvalue weighted by Gasteiger charge is -2.26. The summed E-state index contributed by atoms with van der Waals surface area (Å²) in [5, 5.41) is 0. The minimum Gasteiger partial charge on any atom is -0.381 e. The van der Waals surface area contributed by atoms with Crippen LogP contribution in [0.4, 0.5) is 0 Å². The van der Waals surface area contributed by atoms with E-state index in [9.17, 15) is 0 Å². The van der Waals surface area contributed by atoms with E-state index >= 15 is 0 Å². The zero-order valence-electron chi connectivity index (χ0n) is 13.3. The lowest BCUT2D eigenvalue weighted by molar-refractivity contribution is 0.0346. The van der Waals surface area contributed by atoms with Gasteiger partial charge in [0, 0.05) is 7.11 Å². The molecular formula is C17H36O. The van der Waals surface area contributed by atoms with Crippen LogP contribution in [0.2, 0.25) is 0 Å². The predicted molar refractivity (Wildman–Crippen MR) is 82.1 cm³/mol. The molecule has 0 fully saturated rings. The molecule has 0 aliphatic carbocycles. The summed E-state index contributed by atoms with van der Waals surface area (Å²) in [4.78, 5) is 0. The summed E-state index contributed by atoms with van der Waals surface area (Å²) in [5.74, 6) is 0.804. The first-order valence-corrected chi connectivity index (χ1v) is 8.32. The highest BCUT2D eigenvalue weighted by molar-refractivity contribution is 4.71. The van der Waals surface area contributed by atoms with Crippen LogP contribution in [-0.4, -0.2) is 13.2 Å². The van der Waals surface area contributed by atoms with E-state index in [1.807, 2.05) is 7.11 Å². The molecule has 0 amide bonds. The zero-order valence-corrected chi connectivity index (χ0v) is 13.3. The van der Waals surface area contributed by atoms with Gasteiger partial charge in [0.25, 0.3) is 0 Å². The Balaban J connectivity index is 4.09. The highest BCUT2D eigenvalue weighted by Gasteiger charge is 2.19. The Labute approximate surface area is 116 Å². The summed E-state index contributed by atoms with van der Waals surface area (Å²) in [5.41, 5.74) is 0. The average Bonchev–Trinajstić information content (AvgIpc) is 2.39. The molecule has 2 unspecified atom stereocenters. The van der Waals surface area contributed by atoms with Crippen molar-refractivity contribution in [1.82, 2.24) is 0 Å². The highest BCUT2D eigenvalue weighted by Crippen LogP contribution is 2.25. The first-order chi connectivity index (χ1) is 8.79. The van der Waals surface area contributed by atoms with E-state index in [4.69, 9.17) is 4.74 Å². The van der Waals surface area contributed by atoms with Gasteiger partial charge in [-0.15, -0.1) is 0 Å². The summed E-state index contributed by atoms with van der Waals surface area (Å²) in [7, 11) is 1.91. The number of ether oxygens (including phenoxy) is 1. The van der Waals surface area contributed by atoms with Gasteiger partial charge >= 0.3 is 0 Å². The normalized spacial score (nSPS) is 14.7. The first-order valence-electron chi connectivity index (χ1n) is 8.32. The van der Waals surface area contributed by atoms with E-state index in [0.717, 1.165) is 5.92 Å². The van der Waals surface area contributed by atoms with Crippen molar-refractivity contribution >= 4 is 0 Å². The van der Waals surface area contributed by atoms with E-state index in [1.165, 1.54) is 70.6 Å². The van der Waals surface area contributed by atoms with Crippen molar-refractivity contribution in [1.29, 1.82) is 0 Å². The van der Waals surface area contributed by atoms with Crippen LogP contribution >= 0.6 is 0 Å². The molecule has 0 aromatic rings. The van der Waals surface area contributed by atoms with E-state index in [2.05, 4.69) is 20.8 Å². The van der Waals surface area contributed by atoms with Crippen molar-refractivity contribution in [2.75, 3.05) is 7.11 Å². The molecule has 0 spiro atoms. The average molecular weight is 256 g/mol. The molecule has 1 nitrogen and oxygen atoms in total. The molecule has 0 aromatic carbocycles. The molecular weight excluding hydrogens is 220 g/mol. The molecule has 0 saturated heterocycles. The van der Waals surface area contributed by atoms with Gasteiger partial charge in [-0.3, -0.25) is 0 Å². The summed E-state index contributed by atoms with van der Waals surface area (Å²) in [6, 6.07) is 0. The van der Waals surface area contributed by atoms with Gasteiger partial charge in [-0.25, -0.2) is 0 Å². The number of methoxy groups -OCH3 is 1. The molecule has 0 heterocycles. The third-order valence-electron chi connectivity index (χ3n) is 4.03. The molecule has 0 aromatic heterocycles. The van der Waals surface area contributed by atoms with Crippen LogP contribution in [0, 0.1) is 5.92 Å². The van der Waals surface area contributed by atoms with E-state index < -0.39 is 0 Å². The first kappa shape index (κ1) is 18.0. The monoisotopic (exact) mass is 256 g/mol. The second-order valence-electron chi connectivity index (χ2n) is 5.67. The second-order valence-corrected chi connectivity index (χ2v) is 5.67. The Morgan fingerprint density at radius 1 is 0.667 bits per heavy atom. The van der Waals surface area contributed by atoms with Crippen molar-refractivity contribution in [2.24, 2.45) is 5.92 Å². The van der Waals surface area contributed by atoms with Gasteiger partial charge in [-0.1, -0.05) is 72.1 Å². The van der Waals surface area contributed by atoms with Crippen molar-refractivity contribution in [3.8, 4) is 0 Å². The number of unbranched alkanes of at least 4 members (excludes halogenated alkanes) is 5. The molecule has 2 atom stereocenters. The minimum atomic E-state index is 0.514. The zero-order chi connectivity index (χ0) is 13.6. The Hall–Kier alpha value is -0.0400. The van der Waals surface area contributed by atoms with Gasteiger partial charge < -0.3 is 4.74 Å². The quantitative estimate of drug-likeness (QED) is 0.369. The van der Waals surface area contributed by atoms with Gasteiger partial charge in [0.05, 0.1) is 6.10 Å². The van der Waals surface area contributed by atoms with E-state index in [0.29, 0.717) is 6.10 Å². The van der Waals surface area contributed by atoms with Crippen LogP contribution in [0.5, 0.6) is 0 Å². The fourth-order valence-electron chi connectivity index (χ4n) is 2.78. The predicted octanol–water partition coefficient (Wildman–Crippen LogP) is 5.97. The summed E-state index contributed by atoms with van der Waals surface area (Å²) in [6.07, 6.45) is 15.3. The third kappa shape index (κ3) is 8.97. The topological polar surface area (TPSA) is 9.23 Å². The van der Waals surface area contributed by atoms with Crippen LogP contribution in [0.25, 0.3) is 0 Å². The smallest absolute Gasteiger partial charge is 0.0599 e. The van der Waals surface area contributed by atoms with Gasteiger partial charge in [0.2, 0.25) is 0 Å². The summed E-state index contributed by atoms with van der Waals surface area (Å²) >= 11 is 0. The maximum absolute atomic E-state index is 5.79. The third-order valence-corrected chi connectivity index (χ3v) is 4.03. The molecule has 0 saturated carbocycles. The minimum absolute atomic E-state index is 0.514. The molecule has 110 valence electrons. The maximum atomic E-state index is 5.79. The number of hydrogen-bond acceptors (Lipinski definition) is 1. The molecule has 0 N–H and O–H groups in total. The van der Waals surface area contributed by atoms with Crippen molar-refractivity contribution in [2.45, 2.75) is 97.5 Å². The van der Waals surface area contributed by atoms with Crippen molar-refractivity contribution in [3.05, 3.63) is 0 Å². The lowest BCUT2D eigenvalue weighted by Crippen LogP contribution is -2.23. The van der Waals surface area contributed by atoms with Gasteiger partial charge in [-0.2, -0.15) is 0 Å². The van der Waals surface area contributed by atoms with Gasteiger partial charge in [-0.05, 0) is 25.2 Å². The Morgan fingerprint density at radius 3 is 1.67 bits per heavy atom. The van der Waals surface area contributed by atoms with Gasteiger partial charge in [0.1, 0.15) is 0 Å². The van der Waals surface area contributed by atoms with Crippen LogP contribution < -0.4 is 0 Å². The fraction of sp³-hybridized carbons (Fsp3) is 1.00. The Bertz CT molecular complexity index is 156. The standard InChI is InChI=1S/C17H36O/c1-5-8-11-14-16(13-10-7-3)17(18-4)15-12-9-6-2/h16-17H,5-15H2,1-4H3. The number of hydrogen-bond donors (Lipinski definition) is 0. The van der Waals surface area contributed by atoms with E-state index in [-0.39, 0.29) is 0 Å². The lowest BCUT2D eigenvalue weighted by atomic mass is 9.87. The van der Waals surface area contributed by atoms with Crippen LogP contribution in [-0.2, 0) is 4.74 Å². The molecule has 0 rings (SSSR count). The molecule has 18 heavy (non-hydrogen) atoms. The Kier molecular flexibility index (Phi) is 13.4. The molecule has 0 aliphatic heterocycles. The van der Waals surface area contributed by atoms with Crippen LogP contribution in [0.1, 0.15) is 91.4 Å². The van der Waals surface area contributed by atoms with Crippen LogP contribution in [0.3, 0.4) is 0 Å². The molecule has 0 aliphatic rings. The molecule has 0 bridgehead atoms. The highest BCUT2D eigenvalue weighted by atomic mass is 16.5. The maximum Gasteiger partial charge on any atom is 0.0599 e.